The van der Waals surface area contributed by atoms with Crippen LogP contribution in [0.4, 0.5) is 0 Å². The van der Waals surface area contributed by atoms with Gasteiger partial charge >= 0.3 is 0 Å². The molecule has 4 aromatic rings. The summed E-state index contributed by atoms with van der Waals surface area (Å²) in [6.45, 7) is 4.67. The number of nitrogens with one attached hydrogen (secondary N) is 1. The number of furan rings is 1. The monoisotopic (exact) mass is 422 g/mol. The summed E-state index contributed by atoms with van der Waals surface area (Å²) in [6.07, 6.45) is 2.18. The highest BCUT2D eigenvalue weighted by molar-refractivity contribution is 5.82. The summed E-state index contributed by atoms with van der Waals surface area (Å²) in [7, 11) is 0. The minimum Gasteiger partial charge on any atom is -0.486 e. The van der Waals surface area contributed by atoms with Gasteiger partial charge in [0.1, 0.15) is 31.1 Å². The molecule has 31 heavy (non-hydrogen) atoms. The molecule has 0 fully saturated rings. The number of carbonyl (C=O) groups is 1. The third kappa shape index (κ3) is 3.31. The van der Waals surface area contributed by atoms with Crippen LogP contribution in [0.25, 0.3) is 16.6 Å². The molecule has 5 rings (SSSR count). The summed E-state index contributed by atoms with van der Waals surface area (Å²) in [4.78, 5) is 25.6. The van der Waals surface area contributed by atoms with E-state index >= 15 is 0 Å². The number of benzene rings is 1. The minimum atomic E-state index is -0.342. The van der Waals surface area contributed by atoms with Crippen LogP contribution in [0.1, 0.15) is 31.3 Å². The maximum Gasteiger partial charge on any atom is 0.291 e. The SMILES string of the molecule is CCc1nn(CC(=O)NC(C)c2ccc3c(c2)OCCO3)c(=O)c2cc3occc3n12. The van der Waals surface area contributed by atoms with Gasteiger partial charge in [-0.25, -0.2) is 4.68 Å². The Hall–Kier alpha value is -3.75. The summed E-state index contributed by atoms with van der Waals surface area (Å²) in [6, 6.07) is 8.80. The molecule has 1 aliphatic rings. The first kappa shape index (κ1) is 19.2. The lowest BCUT2D eigenvalue weighted by Crippen LogP contribution is -2.36. The van der Waals surface area contributed by atoms with Crippen molar-refractivity contribution >= 4 is 22.5 Å². The number of hydrogen-bond acceptors (Lipinski definition) is 6. The van der Waals surface area contributed by atoms with Gasteiger partial charge in [-0.3, -0.25) is 14.0 Å². The van der Waals surface area contributed by atoms with Crippen molar-refractivity contribution in [2.45, 2.75) is 32.9 Å². The molecule has 9 heteroatoms. The summed E-state index contributed by atoms with van der Waals surface area (Å²) < 4.78 is 19.6. The molecule has 0 radical (unpaired) electrons. The zero-order valence-electron chi connectivity index (χ0n) is 17.3. The lowest BCUT2D eigenvalue weighted by atomic mass is 10.1. The van der Waals surface area contributed by atoms with Crippen LogP contribution < -0.4 is 20.3 Å². The maximum atomic E-state index is 12.9. The third-order valence-electron chi connectivity index (χ3n) is 5.42. The van der Waals surface area contributed by atoms with Crippen LogP contribution in [0, 0.1) is 0 Å². The Kier molecular flexibility index (Phi) is 4.65. The molecular formula is C22H22N4O5. The van der Waals surface area contributed by atoms with Crippen LogP contribution in [0.15, 0.2) is 45.8 Å². The van der Waals surface area contributed by atoms with Crippen molar-refractivity contribution < 1.29 is 18.7 Å². The average molecular weight is 422 g/mol. The van der Waals surface area contributed by atoms with Gasteiger partial charge in [-0.15, -0.1) is 0 Å². The number of ether oxygens (including phenoxy) is 2. The van der Waals surface area contributed by atoms with Crippen LogP contribution in [0.2, 0.25) is 0 Å². The number of aryl methyl sites for hydroxylation is 1. The molecular weight excluding hydrogens is 400 g/mol. The quantitative estimate of drug-likeness (QED) is 0.530. The van der Waals surface area contributed by atoms with Gasteiger partial charge in [0.15, 0.2) is 17.1 Å². The summed E-state index contributed by atoms with van der Waals surface area (Å²) >= 11 is 0. The Morgan fingerprint density at radius 3 is 2.77 bits per heavy atom. The highest BCUT2D eigenvalue weighted by atomic mass is 16.6. The van der Waals surface area contributed by atoms with Crippen molar-refractivity contribution in [2.24, 2.45) is 0 Å². The highest BCUT2D eigenvalue weighted by Crippen LogP contribution is 2.32. The molecule has 1 aliphatic heterocycles. The topological polar surface area (TPSA) is 100 Å². The number of amides is 1. The lowest BCUT2D eigenvalue weighted by molar-refractivity contribution is -0.122. The predicted molar refractivity (Wildman–Crippen MR) is 113 cm³/mol. The molecule has 4 heterocycles. The smallest absolute Gasteiger partial charge is 0.291 e. The Bertz CT molecular complexity index is 1350. The van der Waals surface area contributed by atoms with Crippen molar-refractivity contribution in [1.82, 2.24) is 19.5 Å². The molecule has 0 aliphatic carbocycles. The number of rotatable bonds is 5. The molecule has 1 unspecified atom stereocenters. The van der Waals surface area contributed by atoms with Crippen molar-refractivity contribution in [3.63, 3.8) is 0 Å². The van der Waals surface area contributed by atoms with Crippen LogP contribution in [0.5, 0.6) is 11.5 Å². The Morgan fingerprint density at radius 1 is 1.16 bits per heavy atom. The van der Waals surface area contributed by atoms with E-state index in [0.29, 0.717) is 48.1 Å². The van der Waals surface area contributed by atoms with E-state index in [2.05, 4.69) is 10.4 Å². The summed E-state index contributed by atoms with van der Waals surface area (Å²) in [5.74, 6) is 1.73. The zero-order chi connectivity index (χ0) is 21.5. The van der Waals surface area contributed by atoms with Gasteiger partial charge in [0, 0.05) is 18.6 Å². The average Bonchev–Trinajstić information content (AvgIpc) is 3.37. The van der Waals surface area contributed by atoms with Crippen LogP contribution in [0.3, 0.4) is 0 Å². The second-order valence-electron chi connectivity index (χ2n) is 7.46. The van der Waals surface area contributed by atoms with Gasteiger partial charge in [0.05, 0.1) is 17.8 Å². The predicted octanol–water partition coefficient (Wildman–Crippen LogP) is 2.45. The van der Waals surface area contributed by atoms with E-state index in [9.17, 15) is 9.59 Å². The molecule has 0 spiro atoms. The number of nitrogens with zero attached hydrogens (tertiary/aromatic N) is 3. The molecule has 9 nitrogen and oxygen atoms in total. The van der Waals surface area contributed by atoms with Gasteiger partial charge in [0.25, 0.3) is 5.56 Å². The minimum absolute atomic E-state index is 0.177. The highest BCUT2D eigenvalue weighted by Gasteiger charge is 2.19. The first-order valence-corrected chi connectivity index (χ1v) is 10.2. The molecule has 0 bridgehead atoms. The summed E-state index contributed by atoms with van der Waals surface area (Å²) in [5.41, 5.74) is 2.39. The fourth-order valence-electron chi connectivity index (χ4n) is 3.89. The van der Waals surface area contributed by atoms with Gasteiger partial charge in [0.2, 0.25) is 5.91 Å². The number of carbonyl (C=O) groups excluding carboxylic acids is 1. The molecule has 0 saturated carbocycles. The fraction of sp³-hybridized carbons (Fsp3) is 0.318. The van der Waals surface area contributed by atoms with Crippen LogP contribution in [-0.2, 0) is 17.8 Å². The lowest BCUT2D eigenvalue weighted by Gasteiger charge is -2.21. The van der Waals surface area contributed by atoms with E-state index in [1.165, 1.54) is 4.68 Å². The van der Waals surface area contributed by atoms with Gasteiger partial charge in [-0.05, 0) is 24.6 Å². The van der Waals surface area contributed by atoms with Gasteiger partial charge in [-0.2, -0.15) is 5.10 Å². The first-order chi connectivity index (χ1) is 15.0. The largest absolute Gasteiger partial charge is 0.486 e. The Balaban J connectivity index is 1.39. The number of aromatic nitrogens is 3. The van der Waals surface area contributed by atoms with E-state index in [0.717, 1.165) is 11.1 Å². The van der Waals surface area contributed by atoms with Gasteiger partial charge in [-0.1, -0.05) is 13.0 Å². The Labute approximate surface area is 177 Å². The van der Waals surface area contributed by atoms with Crippen molar-refractivity contribution in [2.75, 3.05) is 13.2 Å². The Morgan fingerprint density at radius 2 is 1.97 bits per heavy atom. The molecule has 1 aromatic carbocycles. The van der Waals surface area contributed by atoms with Crippen LogP contribution >= 0.6 is 0 Å². The van der Waals surface area contributed by atoms with Crippen molar-refractivity contribution in [3.8, 4) is 11.5 Å². The second-order valence-corrected chi connectivity index (χ2v) is 7.46. The molecule has 3 aromatic heterocycles. The van der Waals surface area contributed by atoms with E-state index < -0.39 is 0 Å². The fourth-order valence-corrected chi connectivity index (χ4v) is 3.89. The normalized spacial score (nSPS) is 14.1. The molecule has 0 saturated heterocycles. The van der Waals surface area contributed by atoms with E-state index in [1.807, 2.05) is 32.0 Å². The maximum absolute atomic E-state index is 12.9. The third-order valence-corrected chi connectivity index (χ3v) is 5.42. The second kappa shape index (κ2) is 7.50. The van der Waals surface area contributed by atoms with Crippen molar-refractivity contribution in [3.05, 3.63) is 58.3 Å². The molecule has 1 atom stereocenters. The van der Waals surface area contributed by atoms with E-state index in [1.54, 1.807) is 22.8 Å². The van der Waals surface area contributed by atoms with Crippen LogP contribution in [-0.4, -0.2) is 33.3 Å². The van der Waals surface area contributed by atoms with Gasteiger partial charge < -0.3 is 19.2 Å². The van der Waals surface area contributed by atoms with Crippen molar-refractivity contribution in [1.29, 1.82) is 0 Å². The number of hydrogen-bond donors (Lipinski definition) is 1. The zero-order valence-corrected chi connectivity index (χ0v) is 17.3. The molecule has 160 valence electrons. The molecule has 1 N–H and O–H groups in total. The summed E-state index contributed by atoms with van der Waals surface area (Å²) in [5, 5.41) is 7.35. The molecule has 1 amide bonds. The standard InChI is InChI=1S/C22H22N4O5/c1-3-20-24-25(22(28)16-11-18-15(26(16)20)6-7-29-18)12-21(27)23-13(2)14-4-5-17-19(10-14)31-9-8-30-17/h4-7,10-11,13H,3,8-9,12H2,1-2H3,(H,23,27). The number of fused-ring (bicyclic) bond motifs is 4. The van der Waals surface area contributed by atoms with E-state index in [4.69, 9.17) is 13.9 Å². The van der Waals surface area contributed by atoms with E-state index in [-0.39, 0.29) is 24.1 Å². The first-order valence-electron chi connectivity index (χ1n) is 10.2.